The van der Waals surface area contributed by atoms with Gasteiger partial charge in [0.25, 0.3) is 5.91 Å². The summed E-state index contributed by atoms with van der Waals surface area (Å²) >= 11 is 0. The number of carbonyl (C=O) groups is 1. The van der Waals surface area contributed by atoms with Gasteiger partial charge in [-0.3, -0.25) is 9.48 Å². The molecular weight excluding hydrogens is 365 g/mol. The van der Waals surface area contributed by atoms with Gasteiger partial charge in [-0.05, 0) is 49.2 Å². The van der Waals surface area contributed by atoms with E-state index in [-0.39, 0.29) is 17.8 Å². The van der Waals surface area contributed by atoms with E-state index >= 15 is 0 Å². The molecule has 0 aliphatic rings. The van der Waals surface area contributed by atoms with Gasteiger partial charge in [0.15, 0.2) is 0 Å². The fourth-order valence-corrected chi connectivity index (χ4v) is 3.32. The average molecular weight is 387 g/mol. The van der Waals surface area contributed by atoms with Crippen molar-refractivity contribution in [2.24, 2.45) is 0 Å². The topological polar surface area (TPSA) is 46.9 Å². The number of aryl methyl sites for hydroxylation is 1. The summed E-state index contributed by atoms with van der Waals surface area (Å²) in [6.07, 6.45) is 1.77. The number of aromatic nitrogens is 2. The number of nitrogens with zero attached hydrogens (tertiary/aromatic N) is 2. The minimum atomic E-state index is -0.263. The summed E-state index contributed by atoms with van der Waals surface area (Å²) in [5, 5.41) is 8.43. The van der Waals surface area contributed by atoms with Crippen molar-refractivity contribution in [3.05, 3.63) is 101 Å². The summed E-state index contributed by atoms with van der Waals surface area (Å²) in [5.41, 5.74) is 4.64. The molecule has 0 saturated heterocycles. The molecule has 1 atom stereocenters. The SMILES string of the molecule is Cc1ccc([C@H](C)NC(=O)c2ccc3cnn(Cc4ccc(F)cc4)c3c2)cc1. The molecule has 4 rings (SSSR count). The van der Waals surface area contributed by atoms with Gasteiger partial charge in [0.2, 0.25) is 0 Å². The van der Waals surface area contributed by atoms with E-state index in [1.807, 2.05) is 61.0 Å². The monoisotopic (exact) mass is 387 g/mol. The number of benzene rings is 3. The quantitative estimate of drug-likeness (QED) is 0.522. The summed E-state index contributed by atoms with van der Waals surface area (Å²) in [6, 6.07) is 20.0. The molecule has 0 aliphatic carbocycles. The predicted octanol–water partition coefficient (Wildman–Crippen LogP) is 5.02. The number of hydrogen-bond donors (Lipinski definition) is 1. The van der Waals surface area contributed by atoms with Gasteiger partial charge in [-0.15, -0.1) is 0 Å². The molecule has 0 unspecified atom stereocenters. The van der Waals surface area contributed by atoms with Crippen molar-refractivity contribution in [1.29, 1.82) is 0 Å². The second kappa shape index (κ2) is 7.87. The molecule has 0 radical (unpaired) electrons. The Morgan fingerprint density at radius 2 is 1.79 bits per heavy atom. The van der Waals surface area contributed by atoms with Crippen LogP contribution in [0.15, 0.2) is 72.9 Å². The maximum absolute atomic E-state index is 13.1. The normalized spacial score (nSPS) is 12.1. The van der Waals surface area contributed by atoms with Crippen LogP contribution in [-0.4, -0.2) is 15.7 Å². The highest BCUT2D eigenvalue weighted by atomic mass is 19.1. The molecule has 4 aromatic rings. The molecule has 0 spiro atoms. The van der Waals surface area contributed by atoms with Crippen LogP contribution in [0.1, 0.15) is 40.0 Å². The Bertz CT molecular complexity index is 1150. The lowest BCUT2D eigenvalue weighted by atomic mass is 10.1. The summed E-state index contributed by atoms with van der Waals surface area (Å²) in [4.78, 5) is 12.8. The standard InChI is InChI=1S/C24H22FN3O/c1-16-3-7-19(8-4-16)17(2)27-24(29)20-9-10-21-14-26-28(23(21)13-20)15-18-5-11-22(25)12-6-18/h3-14,17H,15H2,1-2H3,(H,27,29)/t17-/m0/s1. The Labute approximate surface area is 169 Å². The van der Waals surface area contributed by atoms with Gasteiger partial charge < -0.3 is 5.32 Å². The smallest absolute Gasteiger partial charge is 0.251 e. The van der Waals surface area contributed by atoms with Crippen LogP contribution >= 0.6 is 0 Å². The van der Waals surface area contributed by atoms with Gasteiger partial charge in [0.05, 0.1) is 24.3 Å². The maximum atomic E-state index is 13.1. The van der Waals surface area contributed by atoms with E-state index in [0.717, 1.165) is 22.0 Å². The largest absolute Gasteiger partial charge is 0.346 e. The van der Waals surface area contributed by atoms with E-state index in [2.05, 4.69) is 10.4 Å². The van der Waals surface area contributed by atoms with Gasteiger partial charge in [-0.2, -0.15) is 5.10 Å². The maximum Gasteiger partial charge on any atom is 0.251 e. The van der Waals surface area contributed by atoms with E-state index in [4.69, 9.17) is 0 Å². The number of fused-ring (bicyclic) bond motifs is 1. The first-order valence-corrected chi connectivity index (χ1v) is 9.57. The van der Waals surface area contributed by atoms with E-state index < -0.39 is 0 Å². The van der Waals surface area contributed by atoms with Crippen molar-refractivity contribution in [3.8, 4) is 0 Å². The minimum absolute atomic E-state index is 0.0945. The van der Waals surface area contributed by atoms with Crippen molar-refractivity contribution in [2.75, 3.05) is 0 Å². The van der Waals surface area contributed by atoms with E-state index in [0.29, 0.717) is 12.1 Å². The number of rotatable bonds is 5. The first-order chi connectivity index (χ1) is 14.0. The lowest BCUT2D eigenvalue weighted by molar-refractivity contribution is 0.0940. The zero-order chi connectivity index (χ0) is 20.4. The third-order valence-electron chi connectivity index (χ3n) is 5.08. The molecule has 146 valence electrons. The second-order valence-electron chi connectivity index (χ2n) is 7.31. The highest BCUT2D eigenvalue weighted by Gasteiger charge is 2.13. The van der Waals surface area contributed by atoms with E-state index in [1.165, 1.54) is 17.7 Å². The van der Waals surface area contributed by atoms with Crippen LogP contribution in [0.5, 0.6) is 0 Å². The van der Waals surface area contributed by atoms with E-state index in [9.17, 15) is 9.18 Å². The van der Waals surface area contributed by atoms with Crippen molar-refractivity contribution >= 4 is 16.8 Å². The second-order valence-corrected chi connectivity index (χ2v) is 7.31. The molecule has 0 bridgehead atoms. The molecule has 1 aromatic heterocycles. The molecule has 1 N–H and O–H groups in total. The number of amides is 1. The van der Waals surface area contributed by atoms with Crippen molar-refractivity contribution in [1.82, 2.24) is 15.1 Å². The fraction of sp³-hybridized carbons (Fsp3) is 0.167. The lowest BCUT2D eigenvalue weighted by Gasteiger charge is -2.15. The fourth-order valence-electron chi connectivity index (χ4n) is 3.32. The first kappa shape index (κ1) is 18.9. The number of carbonyl (C=O) groups excluding carboxylic acids is 1. The highest BCUT2D eigenvalue weighted by Crippen LogP contribution is 2.19. The van der Waals surface area contributed by atoms with Crippen molar-refractivity contribution < 1.29 is 9.18 Å². The average Bonchev–Trinajstić information content (AvgIpc) is 3.12. The van der Waals surface area contributed by atoms with Crippen LogP contribution in [0.25, 0.3) is 10.9 Å². The highest BCUT2D eigenvalue weighted by molar-refractivity contribution is 5.98. The van der Waals surface area contributed by atoms with E-state index in [1.54, 1.807) is 18.3 Å². The van der Waals surface area contributed by atoms with Crippen molar-refractivity contribution in [3.63, 3.8) is 0 Å². The Hall–Kier alpha value is -3.47. The molecule has 4 nitrogen and oxygen atoms in total. The van der Waals surface area contributed by atoms with Crippen LogP contribution in [0.3, 0.4) is 0 Å². The number of nitrogens with one attached hydrogen (secondary N) is 1. The van der Waals surface area contributed by atoms with Gasteiger partial charge in [-0.1, -0.05) is 48.0 Å². The Balaban J connectivity index is 1.55. The Morgan fingerprint density at radius 3 is 2.52 bits per heavy atom. The summed E-state index contributed by atoms with van der Waals surface area (Å²) < 4.78 is 15.0. The molecule has 1 amide bonds. The molecule has 29 heavy (non-hydrogen) atoms. The molecule has 0 fully saturated rings. The van der Waals surface area contributed by atoms with Crippen LogP contribution in [0.4, 0.5) is 4.39 Å². The molecule has 1 heterocycles. The van der Waals surface area contributed by atoms with Gasteiger partial charge in [0, 0.05) is 10.9 Å². The van der Waals surface area contributed by atoms with Crippen LogP contribution < -0.4 is 5.32 Å². The summed E-state index contributed by atoms with van der Waals surface area (Å²) in [5.74, 6) is -0.393. The molecule has 0 saturated carbocycles. The Morgan fingerprint density at radius 1 is 1.07 bits per heavy atom. The number of hydrogen-bond acceptors (Lipinski definition) is 2. The van der Waals surface area contributed by atoms with Gasteiger partial charge in [0.1, 0.15) is 5.82 Å². The zero-order valence-electron chi connectivity index (χ0n) is 16.4. The Kier molecular flexibility index (Phi) is 5.12. The van der Waals surface area contributed by atoms with Gasteiger partial charge in [-0.25, -0.2) is 4.39 Å². The van der Waals surface area contributed by atoms with Gasteiger partial charge >= 0.3 is 0 Å². The summed E-state index contributed by atoms with van der Waals surface area (Å²) in [7, 11) is 0. The molecular formula is C24H22FN3O. The van der Waals surface area contributed by atoms with Crippen LogP contribution in [0.2, 0.25) is 0 Å². The molecule has 3 aromatic carbocycles. The van der Waals surface area contributed by atoms with Crippen LogP contribution in [0, 0.1) is 12.7 Å². The molecule has 0 aliphatic heterocycles. The third-order valence-corrected chi connectivity index (χ3v) is 5.08. The lowest BCUT2D eigenvalue weighted by Crippen LogP contribution is -2.26. The predicted molar refractivity (Wildman–Crippen MR) is 112 cm³/mol. The minimum Gasteiger partial charge on any atom is -0.346 e. The number of halogens is 1. The first-order valence-electron chi connectivity index (χ1n) is 9.57. The van der Waals surface area contributed by atoms with Crippen LogP contribution in [-0.2, 0) is 6.54 Å². The molecule has 5 heteroatoms. The third kappa shape index (κ3) is 4.19. The van der Waals surface area contributed by atoms with Crippen molar-refractivity contribution in [2.45, 2.75) is 26.4 Å². The zero-order valence-corrected chi connectivity index (χ0v) is 16.4. The summed E-state index contributed by atoms with van der Waals surface area (Å²) in [6.45, 7) is 4.52.